The van der Waals surface area contributed by atoms with Crippen molar-refractivity contribution in [2.24, 2.45) is 0 Å². The fourth-order valence-corrected chi connectivity index (χ4v) is 2.70. The third-order valence-corrected chi connectivity index (χ3v) is 4.04. The van der Waals surface area contributed by atoms with E-state index >= 15 is 0 Å². The Kier molecular flexibility index (Phi) is 3.30. The number of aromatic nitrogens is 3. The number of fused-ring (bicyclic) bond motifs is 3. The number of pyridine rings is 1. The summed E-state index contributed by atoms with van der Waals surface area (Å²) in [7, 11) is 1.63. The largest absolute Gasteiger partial charge is 0.497 e. The summed E-state index contributed by atoms with van der Waals surface area (Å²) in [6.07, 6.45) is 1.75. The first kappa shape index (κ1) is 14.4. The molecule has 0 unspecified atom stereocenters. The molecular formula is C18H15FN4O. The number of aryl methyl sites for hydroxylation is 1. The lowest BCUT2D eigenvalue weighted by atomic mass is 10.1. The number of hydrogen-bond donors (Lipinski definition) is 2. The molecule has 0 aliphatic carbocycles. The maximum atomic E-state index is 13.8. The minimum Gasteiger partial charge on any atom is -0.497 e. The SMILES string of the molecule is COc1ccc2nc(Nc3ccc(C)c(F)c3)c3[nH]ncc3c2c1. The summed E-state index contributed by atoms with van der Waals surface area (Å²) in [5, 5.41) is 12.1. The van der Waals surface area contributed by atoms with E-state index in [1.54, 1.807) is 26.3 Å². The Balaban J connectivity index is 1.87. The first-order valence-electron chi connectivity index (χ1n) is 7.50. The zero-order chi connectivity index (χ0) is 16.7. The van der Waals surface area contributed by atoms with Crippen molar-refractivity contribution in [2.45, 2.75) is 6.92 Å². The highest BCUT2D eigenvalue weighted by Crippen LogP contribution is 2.31. The molecule has 0 bridgehead atoms. The van der Waals surface area contributed by atoms with E-state index in [0.717, 1.165) is 27.6 Å². The molecule has 24 heavy (non-hydrogen) atoms. The molecule has 2 aromatic heterocycles. The predicted octanol–water partition coefficient (Wildman–Crippen LogP) is 4.31. The molecule has 120 valence electrons. The number of nitrogens with one attached hydrogen (secondary N) is 2. The smallest absolute Gasteiger partial charge is 0.157 e. The number of methoxy groups -OCH3 is 1. The van der Waals surface area contributed by atoms with E-state index in [1.165, 1.54) is 6.07 Å². The van der Waals surface area contributed by atoms with E-state index in [-0.39, 0.29) is 5.82 Å². The van der Waals surface area contributed by atoms with Gasteiger partial charge in [0.15, 0.2) is 5.82 Å². The lowest BCUT2D eigenvalue weighted by Gasteiger charge is -2.10. The van der Waals surface area contributed by atoms with Crippen LogP contribution in [0.1, 0.15) is 5.56 Å². The molecule has 0 aliphatic rings. The number of ether oxygens (including phenoxy) is 1. The minimum absolute atomic E-state index is 0.258. The highest BCUT2D eigenvalue weighted by molar-refractivity contribution is 6.09. The molecule has 0 atom stereocenters. The topological polar surface area (TPSA) is 62.8 Å². The van der Waals surface area contributed by atoms with Crippen LogP contribution in [0.4, 0.5) is 15.9 Å². The van der Waals surface area contributed by atoms with Crippen LogP contribution in [0.25, 0.3) is 21.8 Å². The highest BCUT2D eigenvalue weighted by atomic mass is 19.1. The van der Waals surface area contributed by atoms with Crippen LogP contribution in [0.2, 0.25) is 0 Å². The van der Waals surface area contributed by atoms with Gasteiger partial charge >= 0.3 is 0 Å². The van der Waals surface area contributed by atoms with Crippen LogP contribution in [-0.2, 0) is 0 Å². The second-order valence-electron chi connectivity index (χ2n) is 5.59. The molecule has 5 nitrogen and oxygen atoms in total. The zero-order valence-corrected chi connectivity index (χ0v) is 13.2. The molecule has 4 aromatic rings. The monoisotopic (exact) mass is 322 g/mol. The van der Waals surface area contributed by atoms with Crippen LogP contribution >= 0.6 is 0 Å². The molecule has 0 radical (unpaired) electrons. The molecule has 0 aliphatic heterocycles. The summed E-state index contributed by atoms with van der Waals surface area (Å²) in [6.45, 7) is 1.73. The Hall–Kier alpha value is -3.15. The fourth-order valence-electron chi connectivity index (χ4n) is 2.70. The van der Waals surface area contributed by atoms with Crippen LogP contribution < -0.4 is 10.1 Å². The summed E-state index contributed by atoms with van der Waals surface area (Å²) in [4.78, 5) is 4.64. The highest BCUT2D eigenvalue weighted by Gasteiger charge is 2.12. The third kappa shape index (κ3) is 2.32. The van der Waals surface area contributed by atoms with E-state index in [4.69, 9.17) is 4.74 Å². The van der Waals surface area contributed by atoms with E-state index in [1.807, 2.05) is 24.3 Å². The van der Waals surface area contributed by atoms with Crippen LogP contribution in [0.5, 0.6) is 5.75 Å². The lowest BCUT2D eigenvalue weighted by molar-refractivity contribution is 0.415. The Morgan fingerprint density at radius 3 is 2.79 bits per heavy atom. The molecular weight excluding hydrogens is 307 g/mol. The Labute approximate surface area is 137 Å². The Bertz CT molecular complexity index is 1060. The van der Waals surface area contributed by atoms with Crippen LogP contribution in [0.15, 0.2) is 42.6 Å². The number of benzene rings is 2. The van der Waals surface area contributed by atoms with Crippen LogP contribution in [-0.4, -0.2) is 22.3 Å². The van der Waals surface area contributed by atoms with Crippen molar-refractivity contribution >= 4 is 33.3 Å². The van der Waals surface area contributed by atoms with E-state index in [2.05, 4.69) is 20.5 Å². The normalized spacial score (nSPS) is 11.1. The van der Waals surface area contributed by atoms with Gasteiger partial charge in [-0.25, -0.2) is 9.37 Å². The van der Waals surface area contributed by atoms with Gasteiger partial charge in [0.05, 0.1) is 18.8 Å². The molecule has 0 spiro atoms. The van der Waals surface area contributed by atoms with Gasteiger partial charge in [-0.15, -0.1) is 0 Å². The van der Waals surface area contributed by atoms with Crippen molar-refractivity contribution in [3.05, 3.63) is 54.0 Å². The van der Waals surface area contributed by atoms with Gasteiger partial charge in [-0.2, -0.15) is 5.10 Å². The average Bonchev–Trinajstić information content (AvgIpc) is 3.08. The number of nitrogens with zero attached hydrogens (tertiary/aromatic N) is 2. The maximum absolute atomic E-state index is 13.8. The van der Waals surface area contributed by atoms with Gasteiger partial charge in [0, 0.05) is 16.5 Å². The summed E-state index contributed by atoms with van der Waals surface area (Å²) < 4.78 is 19.1. The number of hydrogen-bond acceptors (Lipinski definition) is 4. The van der Waals surface area contributed by atoms with Gasteiger partial charge in [-0.05, 0) is 42.8 Å². The van der Waals surface area contributed by atoms with Gasteiger partial charge in [0.1, 0.15) is 17.1 Å². The van der Waals surface area contributed by atoms with Gasteiger partial charge in [0.25, 0.3) is 0 Å². The van der Waals surface area contributed by atoms with Crippen LogP contribution in [0, 0.1) is 12.7 Å². The minimum atomic E-state index is -0.258. The standard InChI is InChI=1S/C18H15FN4O/c1-10-3-4-11(7-15(10)19)21-18-17-14(9-20-23-17)13-8-12(24-2)5-6-16(13)22-18/h3-9H,1-2H3,(H,20,23)(H,21,22). The summed E-state index contributed by atoms with van der Waals surface area (Å²) >= 11 is 0. The first-order chi connectivity index (χ1) is 11.7. The maximum Gasteiger partial charge on any atom is 0.157 e. The molecule has 2 N–H and O–H groups in total. The second-order valence-corrected chi connectivity index (χ2v) is 5.59. The quantitative estimate of drug-likeness (QED) is 0.590. The fraction of sp³-hybridized carbons (Fsp3) is 0.111. The lowest BCUT2D eigenvalue weighted by Crippen LogP contribution is -1.97. The van der Waals surface area contributed by atoms with E-state index < -0.39 is 0 Å². The van der Waals surface area contributed by atoms with Crippen molar-refractivity contribution in [2.75, 3.05) is 12.4 Å². The number of aromatic amines is 1. The number of halogens is 1. The van der Waals surface area contributed by atoms with Gasteiger partial charge in [0.2, 0.25) is 0 Å². The molecule has 0 fully saturated rings. The molecule has 2 heterocycles. The summed E-state index contributed by atoms with van der Waals surface area (Å²) in [5.41, 5.74) is 2.80. The first-order valence-corrected chi connectivity index (χ1v) is 7.50. The van der Waals surface area contributed by atoms with E-state index in [0.29, 0.717) is 17.1 Å². The molecule has 0 saturated carbocycles. The van der Waals surface area contributed by atoms with Crippen molar-refractivity contribution < 1.29 is 9.13 Å². The van der Waals surface area contributed by atoms with Crippen molar-refractivity contribution in [1.82, 2.24) is 15.2 Å². The molecule has 0 amide bonds. The van der Waals surface area contributed by atoms with Gasteiger partial charge < -0.3 is 10.1 Å². The number of H-pyrrole nitrogens is 1. The number of rotatable bonds is 3. The predicted molar refractivity (Wildman–Crippen MR) is 92.4 cm³/mol. The molecule has 0 saturated heterocycles. The molecule has 6 heteroatoms. The summed E-state index contributed by atoms with van der Waals surface area (Å²) in [6, 6.07) is 10.7. The Morgan fingerprint density at radius 1 is 1.12 bits per heavy atom. The van der Waals surface area contributed by atoms with Gasteiger partial charge in [-0.1, -0.05) is 6.07 Å². The van der Waals surface area contributed by atoms with Crippen LogP contribution in [0.3, 0.4) is 0 Å². The second kappa shape index (κ2) is 5.49. The molecule has 2 aromatic carbocycles. The zero-order valence-electron chi connectivity index (χ0n) is 13.2. The number of anilines is 2. The average molecular weight is 322 g/mol. The summed E-state index contributed by atoms with van der Waals surface area (Å²) in [5.74, 6) is 1.10. The third-order valence-electron chi connectivity index (χ3n) is 4.04. The van der Waals surface area contributed by atoms with E-state index in [9.17, 15) is 4.39 Å². The van der Waals surface area contributed by atoms with Crippen molar-refractivity contribution in [1.29, 1.82) is 0 Å². The Morgan fingerprint density at radius 2 is 2.00 bits per heavy atom. The van der Waals surface area contributed by atoms with Gasteiger partial charge in [-0.3, -0.25) is 5.10 Å². The molecule has 4 rings (SSSR count). The van der Waals surface area contributed by atoms with Crippen molar-refractivity contribution in [3.8, 4) is 5.75 Å². The van der Waals surface area contributed by atoms with Crippen molar-refractivity contribution in [3.63, 3.8) is 0 Å².